The molecule has 1 atom stereocenters. The van der Waals surface area contributed by atoms with E-state index in [-0.39, 0.29) is 12.4 Å². The minimum atomic E-state index is 0. The first-order valence-corrected chi connectivity index (χ1v) is 7.28. The molecular formula is C15H24ClN3. The molecule has 2 fully saturated rings. The van der Waals surface area contributed by atoms with Gasteiger partial charge in [-0.2, -0.15) is 0 Å². The van der Waals surface area contributed by atoms with E-state index in [1.165, 1.54) is 44.3 Å². The highest BCUT2D eigenvalue weighted by Crippen LogP contribution is 2.29. The maximum absolute atomic E-state index is 4.27. The predicted molar refractivity (Wildman–Crippen MR) is 80.6 cm³/mol. The van der Waals surface area contributed by atoms with Crippen molar-refractivity contribution < 1.29 is 0 Å². The standard InChI is InChI=1S/C15H23N3.ClH/c1-2-5-13(4-1)12-18-9-8-17-11-15(18)14-6-3-7-16-10-14;/h3,6-7,10,13,15,17H,1-2,4-5,8-9,11-12H2;1H. The number of piperazine rings is 1. The lowest BCUT2D eigenvalue weighted by Gasteiger charge is -2.37. The molecule has 3 nitrogen and oxygen atoms in total. The molecule has 1 aromatic heterocycles. The Balaban J connectivity index is 0.00000133. The first-order chi connectivity index (χ1) is 8.93. The SMILES string of the molecule is Cl.c1cncc(C2CNCCN2CC2CCCC2)c1. The van der Waals surface area contributed by atoms with E-state index in [0.29, 0.717) is 6.04 Å². The molecule has 0 aromatic carbocycles. The van der Waals surface area contributed by atoms with Crippen molar-refractivity contribution in [1.29, 1.82) is 0 Å². The number of aromatic nitrogens is 1. The number of hydrogen-bond donors (Lipinski definition) is 1. The van der Waals surface area contributed by atoms with E-state index in [4.69, 9.17) is 0 Å². The maximum atomic E-state index is 4.27. The van der Waals surface area contributed by atoms with Crippen LogP contribution in [0.1, 0.15) is 37.3 Å². The van der Waals surface area contributed by atoms with Crippen molar-refractivity contribution in [3.05, 3.63) is 30.1 Å². The lowest BCUT2D eigenvalue weighted by atomic mass is 10.0. The zero-order valence-electron chi connectivity index (χ0n) is 11.4. The Bertz CT molecular complexity index is 365. The van der Waals surface area contributed by atoms with Gasteiger partial charge < -0.3 is 5.32 Å². The maximum Gasteiger partial charge on any atom is 0.0488 e. The van der Waals surface area contributed by atoms with Crippen LogP contribution in [0.4, 0.5) is 0 Å². The Morgan fingerprint density at radius 2 is 2.16 bits per heavy atom. The van der Waals surface area contributed by atoms with Crippen molar-refractivity contribution in [2.24, 2.45) is 5.92 Å². The molecule has 1 aliphatic carbocycles. The third-order valence-corrected chi connectivity index (χ3v) is 4.39. The quantitative estimate of drug-likeness (QED) is 0.923. The predicted octanol–water partition coefficient (Wildman–Crippen LogP) is 2.64. The minimum absolute atomic E-state index is 0. The number of halogens is 1. The number of rotatable bonds is 3. The summed E-state index contributed by atoms with van der Waals surface area (Å²) in [4.78, 5) is 6.94. The normalized spacial score (nSPS) is 25.2. The van der Waals surface area contributed by atoms with E-state index in [1.807, 2.05) is 12.4 Å². The highest BCUT2D eigenvalue weighted by molar-refractivity contribution is 5.85. The second kappa shape index (κ2) is 7.22. The third-order valence-electron chi connectivity index (χ3n) is 4.39. The summed E-state index contributed by atoms with van der Waals surface area (Å²) >= 11 is 0. The molecule has 1 saturated carbocycles. The van der Waals surface area contributed by atoms with Crippen molar-refractivity contribution in [1.82, 2.24) is 15.2 Å². The third kappa shape index (κ3) is 3.68. The highest BCUT2D eigenvalue weighted by atomic mass is 35.5. The van der Waals surface area contributed by atoms with E-state index in [1.54, 1.807) is 0 Å². The van der Waals surface area contributed by atoms with Crippen LogP contribution in [0.15, 0.2) is 24.5 Å². The van der Waals surface area contributed by atoms with E-state index >= 15 is 0 Å². The fourth-order valence-corrected chi connectivity index (χ4v) is 3.39. The van der Waals surface area contributed by atoms with Crippen molar-refractivity contribution in [3.63, 3.8) is 0 Å². The van der Waals surface area contributed by atoms with Crippen molar-refractivity contribution in [2.45, 2.75) is 31.7 Å². The van der Waals surface area contributed by atoms with Gasteiger partial charge in [0.15, 0.2) is 0 Å². The van der Waals surface area contributed by atoms with Gasteiger partial charge in [-0.15, -0.1) is 12.4 Å². The van der Waals surface area contributed by atoms with Gasteiger partial charge in [-0.3, -0.25) is 9.88 Å². The summed E-state index contributed by atoms with van der Waals surface area (Å²) in [7, 11) is 0. The van der Waals surface area contributed by atoms with Gasteiger partial charge in [0.1, 0.15) is 0 Å². The van der Waals surface area contributed by atoms with Gasteiger partial charge in [0.25, 0.3) is 0 Å². The highest BCUT2D eigenvalue weighted by Gasteiger charge is 2.27. The zero-order valence-corrected chi connectivity index (χ0v) is 12.2. The Morgan fingerprint density at radius 3 is 2.89 bits per heavy atom. The summed E-state index contributed by atoms with van der Waals surface area (Å²) in [5.74, 6) is 0.933. The molecule has 2 aliphatic rings. The van der Waals surface area contributed by atoms with Crippen LogP contribution in [0.25, 0.3) is 0 Å². The molecule has 0 amide bonds. The van der Waals surface area contributed by atoms with Gasteiger partial charge in [-0.05, 0) is 30.4 Å². The number of hydrogen-bond acceptors (Lipinski definition) is 3. The molecule has 1 unspecified atom stereocenters. The number of nitrogens with one attached hydrogen (secondary N) is 1. The van der Waals surface area contributed by atoms with E-state index in [0.717, 1.165) is 19.0 Å². The van der Waals surface area contributed by atoms with Crippen LogP contribution < -0.4 is 5.32 Å². The smallest absolute Gasteiger partial charge is 0.0488 e. The molecule has 1 saturated heterocycles. The molecule has 1 aromatic rings. The Morgan fingerprint density at radius 1 is 1.32 bits per heavy atom. The molecular weight excluding hydrogens is 258 g/mol. The summed E-state index contributed by atoms with van der Waals surface area (Å²) in [5.41, 5.74) is 1.36. The van der Waals surface area contributed by atoms with Gasteiger partial charge in [0.2, 0.25) is 0 Å². The summed E-state index contributed by atoms with van der Waals surface area (Å²) < 4.78 is 0. The minimum Gasteiger partial charge on any atom is -0.314 e. The van der Waals surface area contributed by atoms with E-state index in [9.17, 15) is 0 Å². The molecule has 1 N–H and O–H groups in total. The van der Waals surface area contributed by atoms with Gasteiger partial charge in [0, 0.05) is 44.6 Å². The molecule has 4 heteroatoms. The van der Waals surface area contributed by atoms with Crippen molar-refractivity contribution in [3.8, 4) is 0 Å². The molecule has 3 rings (SSSR count). The largest absolute Gasteiger partial charge is 0.314 e. The molecule has 1 aliphatic heterocycles. The van der Waals surface area contributed by atoms with Crippen LogP contribution in [-0.4, -0.2) is 36.1 Å². The second-order valence-corrected chi connectivity index (χ2v) is 5.65. The first-order valence-electron chi connectivity index (χ1n) is 7.28. The summed E-state index contributed by atoms with van der Waals surface area (Å²) in [5, 5.41) is 3.52. The molecule has 2 heterocycles. The molecule has 19 heavy (non-hydrogen) atoms. The van der Waals surface area contributed by atoms with Gasteiger partial charge in [-0.1, -0.05) is 18.9 Å². The molecule has 0 radical (unpaired) electrons. The topological polar surface area (TPSA) is 28.2 Å². The number of pyridine rings is 1. The fraction of sp³-hybridized carbons (Fsp3) is 0.667. The number of nitrogens with zero attached hydrogens (tertiary/aromatic N) is 2. The van der Waals surface area contributed by atoms with Crippen molar-refractivity contribution >= 4 is 12.4 Å². The van der Waals surface area contributed by atoms with Gasteiger partial charge in [-0.25, -0.2) is 0 Å². The summed E-state index contributed by atoms with van der Waals surface area (Å²) in [6, 6.07) is 4.79. The van der Waals surface area contributed by atoms with Crippen LogP contribution >= 0.6 is 12.4 Å². The summed E-state index contributed by atoms with van der Waals surface area (Å²) in [6.45, 7) is 4.65. The van der Waals surface area contributed by atoms with Gasteiger partial charge in [0.05, 0.1) is 0 Å². The second-order valence-electron chi connectivity index (χ2n) is 5.65. The first kappa shape index (κ1) is 14.8. The average Bonchev–Trinajstić information content (AvgIpc) is 2.93. The lowest BCUT2D eigenvalue weighted by molar-refractivity contribution is 0.137. The van der Waals surface area contributed by atoms with Crippen LogP contribution in [0.2, 0.25) is 0 Å². The van der Waals surface area contributed by atoms with Crippen LogP contribution in [0.3, 0.4) is 0 Å². The monoisotopic (exact) mass is 281 g/mol. The Kier molecular flexibility index (Phi) is 5.61. The van der Waals surface area contributed by atoms with E-state index < -0.39 is 0 Å². The Labute approximate surface area is 122 Å². The summed E-state index contributed by atoms with van der Waals surface area (Å²) in [6.07, 6.45) is 9.64. The van der Waals surface area contributed by atoms with Crippen LogP contribution in [-0.2, 0) is 0 Å². The van der Waals surface area contributed by atoms with E-state index in [2.05, 4.69) is 27.3 Å². The fourth-order valence-electron chi connectivity index (χ4n) is 3.39. The van der Waals surface area contributed by atoms with Crippen LogP contribution in [0, 0.1) is 5.92 Å². The molecule has 0 bridgehead atoms. The lowest BCUT2D eigenvalue weighted by Crippen LogP contribution is -2.47. The van der Waals surface area contributed by atoms with Crippen LogP contribution in [0.5, 0.6) is 0 Å². The zero-order chi connectivity index (χ0) is 12.2. The Hall–Kier alpha value is -0.640. The van der Waals surface area contributed by atoms with Gasteiger partial charge >= 0.3 is 0 Å². The molecule has 0 spiro atoms. The molecule has 106 valence electrons. The average molecular weight is 282 g/mol. The van der Waals surface area contributed by atoms with Crippen molar-refractivity contribution in [2.75, 3.05) is 26.2 Å².